The molecule has 0 bridgehead atoms. The van der Waals surface area contributed by atoms with Gasteiger partial charge < -0.3 is 14.2 Å². The molecule has 4 aromatic rings. The van der Waals surface area contributed by atoms with Crippen LogP contribution in [-0.4, -0.2) is 23.2 Å². The molecule has 0 N–H and O–H groups in total. The van der Waals surface area contributed by atoms with Crippen molar-refractivity contribution in [3.63, 3.8) is 0 Å². The van der Waals surface area contributed by atoms with E-state index < -0.39 is 0 Å². The quantitative estimate of drug-likeness (QED) is 0.255. The first-order valence-corrected chi connectivity index (χ1v) is 11.5. The molecule has 0 unspecified atom stereocenters. The first kappa shape index (κ1) is 22.6. The molecule has 5 heteroatoms. The van der Waals surface area contributed by atoms with Crippen molar-refractivity contribution in [1.82, 2.24) is 9.97 Å². The van der Waals surface area contributed by atoms with Gasteiger partial charge in [-0.1, -0.05) is 37.6 Å². The topological polar surface area (TPSA) is 53.5 Å². The predicted octanol–water partition coefficient (Wildman–Crippen LogP) is 6.32. The van der Waals surface area contributed by atoms with Crippen molar-refractivity contribution in [2.24, 2.45) is 0 Å². The summed E-state index contributed by atoms with van der Waals surface area (Å²) in [6.07, 6.45) is 4.67. The Kier molecular flexibility index (Phi) is 7.75. The number of hydrogen-bond donors (Lipinski definition) is 0. The number of unbranched alkanes of at least 4 members (excludes halogenated alkanes) is 1. The lowest BCUT2D eigenvalue weighted by Crippen LogP contribution is -2.06. The maximum Gasteiger partial charge on any atom is 0.133 e. The summed E-state index contributed by atoms with van der Waals surface area (Å²) in [5.74, 6) is 2.42. The lowest BCUT2D eigenvalue weighted by Gasteiger charge is -2.16. The highest BCUT2D eigenvalue weighted by Gasteiger charge is 2.14. The van der Waals surface area contributed by atoms with E-state index in [9.17, 15) is 0 Å². The fourth-order valence-electron chi connectivity index (χ4n) is 3.60. The number of rotatable bonds is 11. The van der Waals surface area contributed by atoms with E-state index in [2.05, 4.69) is 24.9 Å². The van der Waals surface area contributed by atoms with E-state index >= 15 is 0 Å². The van der Waals surface area contributed by atoms with Gasteiger partial charge in [-0.2, -0.15) is 0 Å². The van der Waals surface area contributed by atoms with Crippen molar-refractivity contribution in [2.45, 2.75) is 39.7 Å². The minimum Gasteiger partial charge on any atom is -0.493 e. The molecule has 0 atom stereocenters. The summed E-state index contributed by atoms with van der Waals surface area (Å²) in [7, 11) is 0. The normalized spacial score (nSPS) is 10.8. The predicted molar refractivity (Wildman–Crippen MR) is 131 cm³/mol. The van der Waals surface area contributed by atoms with Gasteiger partial charge in [0, 0.05) is 35.3 Å². The molecule has 2 aromatic heterocycles. The van der Waals surface area contributed by atoms with Crippen molar-refractivity contribution >= 4 is 10.9 Å². The zero-order valence-corrected chi connectivity index (χ0v) is 19.3. The van der Waals surface area contributed by atoms with Gasteiger partial charge in [-0.05, 0) is 49.7 Å². The second-order valence-corrected chi connectivity index (χ2v) is 7.91. The molecule has 170 valence electrons. The van der Waals surface area contributed by atoms with Crippen LogP contribution >= 0.6 is 0 Å². The minimum absolute atomic E-state index is 0.359. The lowest BCUT2D eigenvalue weighted by molar-refractivity contribution is 0.287. The Morgan fingerprint density at radius 1 is 0.818 bits per heavy atom. The van der Waals surface area contributed by atoms with Crippen LogP contribution < -0.4 is 14.2 Å². The SMILES string of the molecule is CCCCOc1c(C)c(COc2cccc(OCCc3ccccn3)c2)nc2ccccc12. The summed E-state index contributed by atoms with van der Waals surface area (Å²) in [6.45, 7) is 5.83. The van der Waals surface area contributed by atoms with E-state index in [1.165, 1.54) is 0 Å². The third-order valence-corrected chi connectivity index (χ3v) is 5.46. The van der Waals surface area contributed by atoms with Crippen LogP contribution in [0.25, 0.3) is 10.9 Å². The van der Waals surface area contributed by atoms with Crippen LogP contribution in [0.1, 0.15) is 36.7 Å². The van der Waals surface area contributed by atoms with E-state index in [0.29, 0.717) is 19.8 Å². The molecule has 0 aliphatic carbocycles. The van der Waals surface area contributed by atoms with Gasteiger partial charge in [-0.25, -0.2) is 4.98 Å². The fraction of sp³-hybridized carbons (Fsp3) is 0.286. The second kappa shape index (κ2) is 11.3. The summed E-state index contributed by atoms with van der Waals surface area (Å²) in [5, 5.41) is 1.04. The molecule has 33 heavy (non-hydrogen) atoms. The van der Waals surface area contributed by atoms with Crippen molar-refractivity contribution in [3.8, 4) is 17.2 Å². The smallest absolute Gasteiger partial charge is 0.133 e. The van der Waals surface area contributed by atoms with Gasteiger partial charge in [0.25, 0.3) is 0 Å². The highest BCUT2D eigenvalue weighted by Crippen LogP contribution is 2.31. The Labute approximate surface area is 195 Å². The van der Waals surface area contributed by atoms with Gasteiger partial charge in [0.15, 0.2) is 0 Å². The van der Waals surface area contributed by atoms with E-state index in [1.807, 2.05) is 60.7 Å². The maximum atomic E-state index is 6.16. The van der Waals surface area contributed by atoms with Crippen LogP contribution in [0.15, 0.2) is 72.9 Å². The first-order valence-electron chi connectivity index (χ1n) is 11.5. The second-order valence-electron chi connectivity index (χ2n) is 7.91. The largest absolute Gasteiger partial charge is 0.493 e. The average molecular weight is 443 g/mol. The summed E-state index contributed by atoms with van der Waals surface area (Å²) in [6, 6.07) is 21.7. The molecule has 0 radical (unpaired) electrons. The van der Waals surface area contributed by atoms with Crippen LogP contribution in [0.5, 0.6) is 17.2 Å². The molecule has 2 heterocycles. The van der Waals surface area contributed by atoms with E-state index in [0.717, 1.165) is 64.4 Å². The maximum absolute atomic E-state index is 6.16. The zero-order valence-electron chi connectivity index (χ0n) is 19.3. The number of para-hydroxylation sites is 1. The van der Waals surface area contributed by atoms with Gasteiger partial charge in [0.2, 0.25) is 0 Å². The average Bonchev–Trinajstić information content (AvgIpc) is 2.85. The Morgan fingerprint density at radius 3 is 2.45 bits per heavy atom. The van der Waals surface area contributed by atoms with E-state index in [1.54, 1.807) is 6.20 Å². The third kappa shape index (κ3) is 6.01. The molecule has 0 fully saturated rings. The monoisotopic (exact) mass is 442 g/mol. The van der Waals surface area contributed by atoms with Gasteiger partial charge in [0.05, 0.1) is 24.4 Å². The molecule has 0 aliphatic heterocycles. The van der Waals surface area contributed by atoms with Crippen LogP contribution in [0.4, 0.5) is 0 Å². The zero-order chi connectivity index (χ0) is 22.9. The lowest BCUT2D eigenvalue weighted by atomic mass is 10.1. The van der Waals surface area contributed by atoms with Crippen LogP contribution in [0, 0.1) is 6.92 Å². The van der Waals surface area contributed by atoms with Crippen molar-refractivity contribution in [1.29, 1.82) is 0 Å². The number of aromatic nitrogens is 2. The third-order valence-electron chi connectivity index (χ3n) is 5.46. The minimum atomic E-state index is 0.359. The molecule has 4 rings (SSSR count). The molecule has 0 amide bonds. The van der Waals surface area contributed by atoms with Crippen molar-refractivity contribution in [2.75, 3.05) is 13.2 Å². The Hall–Kier alpha value is -3.60. The number of pyridine rings is 2. The summed E-state index contributed by atoms with van der Waals surface area (Å²) >= 11 is 0. The van der Waals surface area contributed by atoms with Gasteiger partial charge in [-0.15, -0.1) is 0 Å². The van der Waals surface area contributed by atoms with E-state index in [-0.39, 0.29) is 0 Å². The Bertz CT molecular complexity index is 1180. The number of nitrogens with zero attached hydrogens (tertiary/aromatic N) is 2. The number of hydrogen-bond acceptors (Lipinski definition) is 5. The molecular formula is C28H30N2O3. The van der Waals surface area contributed by atoms with Crippen LogP contribution in [0.3, 0.4) is 0 Å². The summed E-state index contributed by atoms with van der Waals surface area (Å²) < 4.78 is 18.2. The molecular weight excluding hydrogens is 412 g/mol. The molecule has 2 aromatic carbocycles. The first-order chi connectivity index (χ1) is 16.2. The van der Waals surface area contributed by atoms with Crippen LogP contribution in [-0.2, 0) is 13.0 Å². The fourth-order valence-corrected chi connectivity index (χ4v) is 3.60. The van der Waals surface area contributed by atoms with Gasteiger partial charge in [0.1, 0.15) is 23.9 Å². The summed E-state index contributed by atoms with van der Waals surface area (Å²) in [5.41, 5.74) is 3.83. The van der Waals surface area contributed by atoms with Gasteiger partial charge in [-0.3, -0.25) is 4.98 Å². The van der Waals surface area contributed by atoms with Crippen molar-refractivity contribution < 1.29 is 14.2 Å². The summed E-state index contributed by atoms with van der Waals surface area (Å²) in [4.78, 5) is 9.17. The molecule has 0 spiro atoms. The highest BCUT2D eigenvalue weighted by atomic mass is 16.5. The number of ether oxygens (including phenoxy) is 3. The van der Waals surface area contributed by atoms with Crippen LogP contribution in [0.2, 0.25) is 0 Å². The molecule has 0 saturated carbocycles. The standard InChI is InChI=1S/C28H30N2O3/c1-3-4-17-32-28-21(2)27(30-26-14-6-5-13-25(26)28)20-33-24-12-9-11-23(19-24)31-18-15-22-10-7-8-16-29-22/h5-14,16,19H,3-4,15,17-18,20H2,1-2H3. The Morgan fingerprint density at radius 2 is 1.64 bits per heavy atom. The molecule has 0 aliphatic rings. The molecule has 5 nitrogen and oxygen atoms in total. The van der Waals surface area contributed by atoms with Gasteiger partial charge >= 0.3 is 0 Å². The van der Waals surface area contributed by atoms with Crippen molar-refractivity contribution in [3.05, 3.63) is 89.9 Å². The molecule has 0 saturated heterocycles. The number of fused-ring (bicyclic) bond motifs is 1. The highest BCUT2D eigenvalue weighted by molar-refractivity contribution is 5.86. The Balaban J connectivity index is 1.43. The number of benzene rings is 2. The van der Waals surface area contributed by atoms with E-state index in [4.69, 9.17) is 19.2 Å².